The van der Waals surface area contributed by atoms with Crippen molar-refractivity contribution in [1.82, 2.24) is 4.90 Å². The largest absolute Gasteiger partial charge is 0.345 e. The Morgan fingerprint density at radius 1 is 1.29 bits per heavy atom. The predicted molar refractivity (Wildman–Crippen MR) is 83.0 cm³/mol. The highest BCUT2D eigenvalue weighted by atomic mass is 16.2. The van der Waals surface area contributed by atoms with Crippen LogP contribution in [0.3, 0.4) is 0 Å². The molecule has 5 nitrogen and oxygen atoms in total. The molecule has 21 heavy (non-hydrogen) atoms. The van der Waals surface area contributed by atoms with E-state index in [0.717, 1.165) is 19.3 Å². The van der Waals surface area contributed by atoms with Crippen molar-refractivity contribution in [2.45, 2.75) is 31.7 Å². The second-order valence-electron chi connectivity index (χ2n) is 5.85. The summed E-state index contributed by atoms with van der Waals surface area (Å²) < 4.78 is 0. The van der Waals surface area contributed by atoms with Gasteiger partial charge >= 0.3 is 0 Å². The van der Waals surface area contributed by atoms with Gasteiger partial charge in [0.1, 0.15) is 0 Å². The fourth-order valence-electron chi connectivity index (χ4n) is 2.78. The zero-order chi connectivity index (χ0) is 15.4. The van der Waals surface area contributed by atoms with Crippen molar-refractivity contribution in [3.05, 3.63) is 29.8 Å². The SMILES string of the molecule is CN(C)C(=O)c1ccccc1NC(=O)C[C@@H]1CCC[C@H]1N. The summed E-state index contributed by atoms with van der Waals surface area (Å²) in [6, 6.07) is 7.19. The molecule has 0 aromatic heterocycles. The summed E-state index contributed by atoms with van der Waals surface area (Å²) in [6.45, 7) is 0. The number of nitrogens with two attached hydrogens (primary N) is 1. The molecule has 1 aliphatic carbocycles. The van der Waals surface area contributed by atoms with Crippen LogP contribution in [0.1, 0.15) is 36.0 Å². The molecule has 2 atom stereocenters. The number of nitrogens with zero attached hydrogens (tertiary/aromatic N) is 1. The summed E-state index contributed by atoms with van der Waals surface area (Å²) in [5.41, 5.74) is 7.07. The van der Waals surface area contributed by atoms with Crippen molar-refractivity contribution < 1.29 is 9.59 Å². The third-order valence-corrected chi connectivity index (χ3v) is 4.00. The maximum atomic E-state index is 12.2. The Kier molecular flexibility index (Phi) is 4.96. The lowest BCUT2D eigenvalue weighted by molar-refractivity contribution is -0.117. The van der Waals surface area contributed by atoms with Crippen molar-refractivity contribution in [2.24, 2.45) is 11.7 Å². The Hall–Kier alpha value is -1.88. The van der Waals surface area contributed by atoms with Gasteiger partial charge in [-0.3, -0.25) is 9.59 Å². The minimum Gasteiger partial charge on any atom is -0.345 e. The molecule has 1 aromatic carbocycles. The molecule has 0 saturated heterocycles. The molecule has 2 rings (SSSR count). The molecule has 2 amide bonds. The Morgan fingerprint density at radius 2 is 2.00 bits per heavy atom. The van der Waals surface area contributed by atoms with Crippen molar-refractivity contribution in [1.29, 1.82) is 0 Å². The molecule has 0 heterocycles. The lowest BCUT2D eigenvalue weighted by Crippen LogP contribution is -2.29. The predicted octanol–water partition coefficient (Wildman–Crippen LogP) is 1.84. The summed E-state index contributed by atoms with van der Waals surface area (Å²) in [7, 11) is 3.39. The fourth-order valence-corrected chi connectivity index (χ4v) is 2.78. The minimum absolute atomic E-state index is 0.0728. The number of carbonyl (C=O) groups excluding carboxylic acids is 2. The number of hydrogen-bond donors (Lipinski definition) is 2. The van der Waals surface area contributed by atoms with E-state index >= 15 is 0 Å². The Bertz CT molecular complexity index is 528. The van der Waals surface area contributed by atoms with Gasteiger partial charge in [0.2, 0.25) is 5.91 Å². The normalized spacial score (nSPS) is 21.1. The van der Waals surface area contributed by atoms with Crippen LogP contribution in [-0.4, -0.2) is 36.9 Å². The summed E-state index contributed by atoms with van der Waals surface area (Å²) in [4.78, 5) is 25.8. The van der Waals surface area contributed by atoms with Crippen LogP contribution in [0.25, 0.3) is 0 Å². The van der Waals surface area contributed by atoms with Gasteiger partial charge in [0.25, 0.3) is 5.91 Å². The monoisotopic (exact) mass is 289 g/mol. The molecule has 1 aliphatic rings. The topological polar surface area (TPSA) is 75.4 Å². The van der Waals surface area contributed by atoms with Gasteiger partial charge in [-0.05, 0) is 30.9 Å². The van der Waals surface area contributed by atoms with Crippen LogP contribution in [0.2, 0.25) is 0 Å². The Balaban J connectivity index is 2.05. The van der Waals surface area contributed by atoms with Crippen LogP contribution in [0.5, 0.6) is 0 Å². The molecule has 0 unspecified atom stereocenters. The summed E-state index contributed by atoms with van der Waals surface area (Å²) in [6.07, 6.45) is 3.51. The molecule has 1 fully saturated rings. The van der Waals surface area contributed by atoms with E-state index in [4.69, 9.17) is 5.73 Å². The number of anilines is 1. The molecule has 3 N–H and O–H groups in total. The highest BCUT2D eigenvalue weighted by Crippen LogP contribution is 2.27. The summed E-state index contributed by atoms with van der Waals surface area (Å²) >= 11 is 0. The lowest BCUT2D eigenvalue weighted by atomic mass is 9.99. The number of benzene rings is 1. The van der Waals surface area contributed by atoms with Crippen molar-refractivity contribution in [3.8, 4) is 0 Å². The highest BCUT2D eigenvalue weighted by molar-refractivity contribution is 6.03. The van der Waals surface area contributed by atoms with Gasteiger partial charge in [-0.25, -0.2) is 0 Å². The molecule has 0 bridgehead atoms. The third-order valence-electron chi connectivity index (χ3n) is 4.00. The van der Waals surface area contributed by atoms with E-state index in [2.05, 4.69) is 5.32 Å². The Labute approximate surface area is 125 Å². The van der Waals surface area contributed by atoms with Crippen LogP contribution >= 0.6 is 0 Å². The summed E-state index contributed by atoms with van der Waals surface area (Å²) in [5.74, 6) is 0.0570. The molecule has 0 spiro atoms. The second-order valence-corrected chi connectivity index (χ2v) is 5.85. The van der Waals surface area contributed by atoms with E-state index < -0.39 is 0 Å². The minimum atomic E-state index is -0.122. The molecule has 5 heteroatoms. The number of nitrogens with one attached hydrogen (secondary N) is 1. The van der Waals surface area contributed by atoms with E-state index in [1.165, 1.54) is 4.90 Å². The summed E-state index contributed by atoms with van der Waals surface area (Å²) in [5, 5.41) is 2.85. The zero-order valence-electron chi connectivity index (χ0n) is 12.6. The molecule has 114 valence electrons. The second kappa shape index (κ2) is 6.72. The first-order chi connectivity index (χ1) is 9.99. The van der Waals surface area contributed by atoms with Gasteiger partial charge in [0.05, 0.1) is 11.3 Å². The molecular formula is C16H23N3O2. The van der Waals surface area contributed by atoms with Gasteiger partial charge in [-0.15, -0.1) is 0 Å². The van der Waals surface area contributed by atoms with Crippen molar-refractivity contribution >= 4 is 17.5 Å². The van der Waals surface area contributed by atoms with E-state index in [1.807, 2.05) is 6.07 Å². The average Bonchev–Trinajstić information content (AvgIpc) is 2.84. The Morgan fingerprint density at radius 3 is 2.62 bits per heavy atom. The van der Waals surface area contributed by atoms with E-state index in [1.54, 1.807) is 32.3 Å². The highest BCUT2D eigenvalue weighted by Gasteiger charge is 2.26. The van der Waals surface area contributed by atoms with E-state index in [-0.39, 0.29) is 23.8 Å². The van der Waals surface area contributed by atoms with Crippen LogP contribution in [0.15, 0.2) is 24.3 Å². The van der Waals surface area contributed by atoms with Gasteiger partial charge in [0, 0.05) is 26.6 Å². The quantitative estimate of drug-likeness (QED) is 0.888. The van der Waals surface area contributed by atoms with E-state index in [9.17, 15) is 9.59 Å². The van der Waals surface area contributed by atoms with Crippen LogP contribution in [-0.2, 0) is 4.79 Å². The number of rotatable bonds is 4. The van der Waals surface area contributed by atoms with Gasteiger partial charge in [-0.1, -0.05) is 18.6 Å². The fraction of sp³-hybridized carbons (Fsp3) is 0.500. The van der Waals surface area contributed by atoms with Crippen LogP contribution in [0, 0.1) is 5.92 Å². The first-order valence-corrected chi connectivity index (χ1v) is 7.35. The van der Waals surface area contributed by atoms with E-state index in [0.29, 0.717) is 17.7 Å². The third kappa shape index (κ3) is 3.82. The number of amides is 2. The standard InChI is InChI=1S/C16H23N3O2/c1-19(2)16(21)12-7-3-4-9-14(12)18-15(20)10-11-6-5-8-13(11)17/h3-4,7,9,11,13H,5-6,8,10,17H2,1-2H3,(H,18,20)/t11-,13+/m0/s1. The van der Waals surface area contributed by atoms with Crippen LogP contribution < -0.4 is 11.1 Å². The number of hydrogen-bond acceptors (Lipinski definition) is 3. The lowest BCUT2D eigenvalue weighted by Gasteiger charge is -2.17. The van der Waals surface area contributed by atoms with Gasteiger partial charge in [-0.2, -0.15) is 0 Å². The molecule has 0 radical (unpaired) electrons. The van der Waals surface area contributed by atoms with Gasteiger partial charge < -0.3 is 16.0 Å². The molecule has 1 saturated carbocycles. The van der Waals surface area contributed by atoms with Crippen molar-refractivity contribution in [3.63, 3.8) is 0 Å². The first-order valence-electron chi connectivity index (χ1n) is 7.35. The maximum Gasteiger partial charge on any atom is 0.255 e. The number of carbonyl (C=O) groups is 2. The molecule has 0 aliphatic heterocycles. The average molecular weight is 289 g/mol. The smallest absolute Gasteiger partial charge is 0.255 e. The van der Waals surface area contributed by atoms with Crippen LogP contribution in [0.4, 0.5) is 5.69 Å². The van der Waals surface area contributed by atoms with Gasteiger partial charge in [0.15, 0.2) is 0 Å². The number of para-hydroxylation sites is 1. The first kappa shape index (κ1) is 15.5. The molecule has 1 aromatic rings. The maximum absolute atomic E-state index is 12.2. The van der Waals surface area contributed by atoms with Crippen molar-refractivity contribution in [2.75, 3.05) is 19.4 Å². The zero-order valence-corrected chi connectivity index (χ0v) is 12.6. The molecular weight excluding hydrogens is 266 g/mol.